The average molecular weight is 298 g/mol. The Balaban J connectivity index is 1.77. The first kappa shape index (κ1) is 14.8. The molecule has 1 aromatic heterocycles. The number of amides is 1. The van der Waals surface area contributed by atoms with Crippen LogP contribution in [0.25, 0.3) is 10.9 Å². The van der Waals surface area contributed by atoms with Crippen LogP contribution in [-0.2, 0) is 0 Å². The molecule has 4 heteroatoms. The number of nitrogens with one attached hydrogen (secondary N) is 1. The van der Waals surface area contributed by atoms with Crippen molar-refractivity contribution in [1.29, 1.82) is 0 Å². The van der Waals surface area contributed by atoms with Gasteiger partial charge in [-0.15, -0.1) is 0 Å². The van der Waals surface area contributed by atoms with Crippen LogP contribution < -0.4 is 10.1 Å². The highest BCUT2D eigenvalue weighted by atomic mass is 16.5. The zero-order valence-corrected chi connectivity index (χ0v) is 13.1. The molecule has 0 bridgehead atoms. The van der Waals surface area contributed by atoms with Gasteiger partial charge in [0.2, 0.25) is 0 Å². The van der Waals surface area contributed by atoms with Gasteiger partial charge in [-0.1, -0.05) is 19.1 Å². The topological polar surface area (TPSA) is 51.2 Å². The fourth-order valence-corrected chi connectivity index (χ4v) is 3.09. The number of hydrogen-bond acceptors (Lipinski definition) is 3. The van der Waals surface area contributed by atoms with Crippen molar-refractivity contribution in [3.05, 3.63) is 36.0 Å². The second-order valence-corrected chi connectivity index (χ2v) is 6.19. The molecule has 0 unspecified atom stereocenters. The maximum atomic E-state index is 12.4. The predicted molar refractivity (Wildman–Crippen MR) is 87.2 cm³/mol. The van der Waals surface area contributed by atoms with Gasteiger partial charge in [0.15, 0.2) is 0 Å². The molecule has 1 saturated carbocycles. The van der Waals surface area contributed by atoms with Crippen LogP contribution in [-0.4, -0.2) is 24.0 Å². The second-order valence-electron chi connectivity index (χ2n) is 6.19. The van der Waals surface area contributed by atoms with E-state index in [1.165, 1.54) is 12.8 Å². The lowest BCUT2D eigenvalue weighted by atomic mass is 9.87. The molecule has 1 aliphatic carbocycles. The van der Waals surface area contributed by atoms with Crippen LogP contribution >= 0.6 is 0 Å². The van der Waals surface area contributed by atoms with E-state index in [0.717, 1.165) is 35.4 Å². The minimum absolute atomic E-state index is 0.0308. The molecule has 0 spiro atoms. The van der Waals surface area contributed by atoms with Crippen molar-refractivity contribution in [1.82, 2.24) is 10.3 Å². The predicted octanol–water partition coefficient (Wildman–Crippen LogP) is 3.55. The first-order valence-corrected chi connectivity index (χ1v) is 7.91. The van der Waals surface area contributed by atoms with Crippen molar-refractivity contribution >= 4 is 16.8 Å². The van der Waals surface area contributed by atoms with Crippen molar-refractivity contribution in [3.8, 4) is 5.75 Å². The van der Waals surface area contributed by atoms with E-state index in [2.05, 4.69) is 17.2 Å². The lowest BCUT2D eigenvalue weighted by Gasteiger charge is -2.26. The van der Waals surface area contributed by atoms with Gasteiger partial charge in [0.25, 0.3) is 5.91 Å². The number of nitrogens with zero attached hydrogens (tertiary/aromatic N) is 1. The van der Waals surface area contributed by atoms with E-state index in [1.54, 1.807) is 13.3 Å². The van der Waals surface area contributed by atoms with E-state index in [-0.39, 0.29) is 5.91 Å². The number of carbonyl (C=O) groups excluding carboxylic acids is 1. The maximum absolute atomic E-state index is 12.4. The largest absolute Gasteiger partial charge is 0.494 e. The molecule has 1 aliphatic rings. The van der Waals surface area contributed by atoms with Gasteiger partial charge >= 0.3 is 0 Å². The van der Waals surface area contributed by atoms with Gasteiger partial charge in [0.1, 0.15) is 11.3 Å². The standard InChI is InChI=1S/C18H22N2O2/c1-12-6-8-15(9-7-12)20-18(21)14-10-13-4-3-5-16(22-2)17(13)19-11-14/h3-5,10-12,15H,6-9H2,1-2H3,(H,20,21). The summed E-state index contributed by atoms with van der Waals surface area (Å²) in [5, 5.41) is 4.06. The summed E-state index contributed by atoms with van der Waals surface area (Å²) in [6, 6.07) is 7.91. The quantitative estimate of drug-likeness (QED) is 0.942. The lowest BCUT2D eigenvalue weighted by molar-refractivity contribution is 0.0923. The van der Waals surface area contributed by atoms with Gasteiger partial charge in [-0.05, 0) is 43.7 Å². The molecule has 1 heterocycles. The first-order valence-electron chi connectivity index (χ1n) is 7.91. The summed E-state index contributed by atoms with van der Waals surface area (Å²) in [6.07, 6.45) is 6.16. The number of methoxy groups -OCH3 is 1. The number of hydrogen-bond donors (Lipinski definition) is 1. The molecule has 22 heavy (non-hydrogen) atoms. The van der Waals surface area contributed by atoms with Crippen LogP contribution in [0.5, 0.6) is 5.75 Å². The van der Waals surface area contributed by atoms with Crippen molar-refractivity contribution in [2.45, 2.75) is 38.6 Å². The summed E-state index contributed by atoms with van der Waals surface area (Å²) in [7, 11) is 1.63. The van der Waals surface area contributed by atoms with Crippen LogP contribution in [0, 0.1) is 5.92 Å². The van der Waals surface area contributed by atoms with Crippen molar-refractivity contribution < 1.29 is 9.53 Å². The Morgan fingerprint density at radius 2 is 2.05 bits per heavy atom. The van der Waals surface area contributed by atoms with E-state index >= 15 is 0 Å². The minimum atomic E-state index is -0.0308. The van der Waals surface area contributed by atoms with Crippen LogP contribution in [0.4, 0.5) is 0 Å². The molecule has 116 valence electrons. The summed E-state index contributed by atoms with van der Waals surface area (Å²) in [6.45, 7) is 2.28. The summed E-state index contributed by atoms with van der Waals surface area (Å²) < 4.78 is 5.30. The van der Waals surface area contributed by atoms with Crippen molar-refractivity contribution in [2.75, 3.05) is 7.11 Å². The maximum Gasteiger partial charge on any atom is 0.253 e. The summed E-state index contributed by atoms with van der Waals surface area (Å²) in [4.78, 5) is 16.8. The highest BCUT2D eigenvalue weighted by Crippen LogP contribution is 2.25. The highest BCUT2D eigenvalue weighted by Gasteiger charge is 2.20. The third-order valence-electron chi connectivity index (χ3n) is 4.51. The molecular formula is C18H22N2O2. The monoisotopic (exact) mass is 298 g/mol. The van der Waals surface area contributed by atoms with Crippen LogP contribution in [0.15, 0.2) is 30.5 Å². The average Bonchev–Trinajstić information content (AvgIpc) is 2.55. The summed E-state index contributed by atoms with van der Waals surface area (Å²) >= 11 is 0. The Hall–Kier alpha value is -2.10. The normalized spacial score (nSPS) is 21.5. The molecule has 1 amide bonds. The number of para-hydroxylation sites is 1. The number of benzene rings is 1. The molecule has 1 aromatic carbocycles. The van der Waals surface area contributed by atoms with Crippen LogP contribution in [0.2, 0.25) is 0 Å². The van der Waals surface area contributed by atoms with E-state index in [9.17, 15) is 4.79 Å². The molecular weight excluding hydrogens is 276 g/mol. The molecule has 0 aliphatic heterocycles. The zero-order chi connectivity index (χ0) is 15.5. The molecule has 0 atom stereocenters. The molecule has 0 saturated heterocycles. The minimum Gasteiger partial charge on any atom is -0.494 e. The van der Waals surface area contributed by atoms with Crippen molar-refractivity contribution in [3.63, 3.8) is 0 Å². The van der Waals surface area contributed by atoms with Gasteiger partial charge in [-0.3, -0.25) is 9.78 Å². The first-order chi connectivity index (χ1) is 10.7. The van der Waals surface area contributed by atoms with E-state index < -0.39 is 0 Å². The van der Waals surface area contributed by atoms with Crippen LogP contribution in [0.3, 0.4) is 0 Å². The van der Waals surface area contributed by atoms with Gasteiger partial charge in [0.05, 0.1) is 12.7 Å². The highest BCUT2D eigenvalue weighted by molar-refractivity contribution is 5.98. The Bertz CT molecular complexity index is 676. The van der Waals surface area contributed by atoms with Gasteiger partial charge in [-0.25, -0.2) is 0 Å². The number of carbonyl (C=O) groups is 1. The molecule has 0 radical (unpaired) electrons. The molecule has 3 rings (SSSR count). The number of fused-ring (bicyclic) bond motifs is 1. The van der Waals surface area contributed by atoms with E-state index in [0.29, 0.717) is 11.6 Å². The zero-order valence-electron chi connectivity index (χ0n) is 13.1. The fraction of sp³-hybridized carbons (Fsp3) is 0.444. The second kappa shape index (κ2) is 6.34. The Kier molecular flexibility index (Phi) is 4.27. The Morgan fingerprint density at radius 1 is 1.27 bits per heavy atom. The Labute approximate surface area is 130 Å². The lowest BCUT2D eigenvalue weighted by Crippen LogP contribution is -2.37. The van der Waals surface area contributed by atoms with Gasteiger partial charge in [-0.2, -0.15) is 0 Å². The summed E-state index contributed by atoms with van der Waals surface area (Å²) in [5.41, 5.74) is 1.40. The number of pyridine rings is 1. The number of aromatic nitrogens is 1. The molecule has 4 nitrogen and oxygen atoms in total. The van der Waals surface area contributed by atoms with Gasteiger partial charge < -0.3 is 10.1 Å². The summed E-state index contributed by atoms with van der Waals surface area (Å²) in [5.74, 6) is 1.48. The van der Waals surface area contributed by atoms with Crippen LogP contribution in [0.1, 0.15) is 43.0 Å². The third kappa shape index (κ3) is 3.06. The van der Waals surface area contributed by atoms with E-state index in [1.807, 2.05) is 24.3 Å². The number of ether oxygens (including phenoxy) is 1. The van der Waals surface area contributed by atoms with E-state index in [4.69, 9.17) is 4.74 Å². The molecule has 1 fully saturated rings. The number of rotatable bonds is 3. The smallest absolute Gasteiger partial charge is 0.253 e. The molecule has 1 N–H and O–H groups in total. The Morgan fingerprint density at radius 3 is 2.77 bits per heavy atom. The van der Waals surface area contributed by atoms with Crippen molar-refractivity contribution in [2.24, 2.45) is 5.92 Å². The molecule has 2 aromatic rings. The SMILES string of the molecule is COc1cccc2cc(C(=O)NC3CCC(C)CC3)cnc12. The van der Waals surface area contributed by atoms with Gasteiger partial charge in [0, 0.05) is 17.6 Å². The third-order valence-corrected chi connectivity index (χ3v) is 4.51. The fourth-order valence-electron chi connectivity index (χ4n) is 3.09.